The van der Waals surface area contributed by atoms with Gasteiger partial charge in [0.2, 0.25) is 0 Å². The molecule has 1 N–H and O–H groups in total. The van der Waals surface area contributed by atoms with Crippen LogP contribution in [0, 0.1) is 0 Å². The van der Waals surface area contributed by atoms with Gasteiger partial charge in [0.05, 0.1) is 0 Å². The van der Waals surface area contributed by atoms with Crippen molar-refractivity contribution in [1.82, 2.24) is 0 Å². The summed E-state index contributed by atoms with van der Waals surface area (Å²) in [6.45, 7) is 14.8. The molecule has 0 atom stereocenters. The van der Waals surface area contributed by atoms with Crippen molar-refractivity contribution in [3.05, 3.63) is 58.6 Å². The Kier molecular flexibility index (Phi) is 6.05. The predicted octanol–water partition coefficient (Wildman–Crippen LogP) is 6.43. The van der Waals surface area contributed by atoms with E-state index in [-0.39, 0.29) is 10.8 Å². The van der Waals surface area contributed by atoms with Crippen molar-refractivity contribution < 1.29 is 4.74 Å². The second-order valence-corrected chi connectivity index (χ2v) is 8.93. The van der Waals surface area contributed by atoms with E-state index in [1.54, 1.807) is 0 Å². The molecule has 0 amide bonds. The third-order valence-corrected chi connectivity index (χ3v) is 4.44. The summed E-state index contributed by atoms with van der Waals surface area (Å²) in [6.07, 6.45) is 0. The molecule has 2 rings (SSSR count). The van der Waals surface area contributed by atoms with Crippen molar-refractivity contribution in [3.8, 4) is 5.75 Å². The first-order valence-corrected chi connectivity index (χ1v) is 9.22. The third kappa shape index (κ3) is 5.67. The Bertz CT molecular complexity index is 693. The molecule has 0 heterocycles. The molecule has 0 saturated carbocycles. The fourth-order valence-electron chi connectivity index (χ4n) is 2.63. The summed E-state index contributed by atoms with van der Waals surface area (Å²) >= 11 is 5.91. The van der Waals surface area contributed by atoms with Gasteiger partial charge in [-0.1, -0.05) is 65.3 Å². The van der Waals surface area contributed by atoms with Crippen LogP contribution in [-0.4, -0.2) is 13.2 Å². The lowest BCUT2D eigenvalue weighted by Gasteiger charge is -2.27. The molecular formula is C22H30ClNO. The minimum atomic E-state index is 0.0419. The van der Waals surface area contributed by atoms with Gasteiger partial charge in [-0.2, -0.15) is 0 Å². The molecule has 3 heteroatoms. The molecule has 2 nitrogen and oxygen atoms in total. The lowest BCUT2D eigenvalue weighted by atomic mass is 9.80. The van der Waals surface area contributed by atoms with Crippen LogP contribution in [0.4, 0.5) is 5.69 Å². The number of halogens is 1. The molecule has 2 aromatic carbocycles. The molecule has 0 fully saturated rings. The minimum Gasteiger partial charge on any atom is -0.491 e. The van der Waals surface area contributed by atoms with E-state index in [1.165, 1.54) is 11.1 Å². The number of anilines is 1. The van der Waals surface area contributed by atoms with E-state index >= 15 is 0 Å². The molecule has 0 bridgehead atoms. The van der Waals surface area contributed by atoms with Crippen molar-refractivity contribution in [1.29, 1.82) is 0 Å². The van der Waals surface area contributed by atoms with Gasteiger partial charge in [-0.25, -0.2) is 0 Å². The number of ether oxygens (including phenoxy) is 1. The van der Waals surface area contributed by atoms with E-state index in [4.69, 9.17) is 16.3 Å². The van der Waals surface area contributed by atoms with E-state index < -0.39 is 0 Å². The molecule has 0 saturated heterocycles. The molecule has 2 aromatic rings. The summed E-state index contributed by atoms with van der Waals surface area (Å²) in [4.78, 5) is 0. The topological polar surface area (TPSA) is 21.3 Å². The maximum Gasteiger partial charge on any atom is 0.123 e. The van der Waals surface area contributed by atoms with Crippen LogP contribution in [0.2, 0.25) is 5.02 Å². The second-order valence-electron chi connectivity index (χ2n) is 8.49. The van der Waals surface area contributed by atoms with Crippen molar-refractivity contribution in [2.24, 2.45) is 0 Å². The molecule has 0 radical (unpaired) electrons. The molecule has 0 aliphatic rings. The fourth-order valence-corrected chi connectivity index (χ4v) is 2.76. The number of benzene rings is 2. The number of hydrogen-bond acceptors (Lipinski definition) is 2. The number of hydrogen-bond donors (Lipinski definition) is 1. The van der Waals surface area contributed by atoms with Crippen LogP contribution in [0.15, 0.2) is 42.5 Å². The third-order valence-electron chi connectivity index (χ3n) is 4.19. The molecule has 25 heavy (non-hydrogen) atoms. The van der Waals surface area contributed by atoms with Gasteiger partial charge in [0, 0.05) is 17.3 Å². The van der Waals surface area contributed by atoms with E-state index in [1.807, 2.05) is 24.3 Å². The average molecular weight is 360 g/mol. The highest BCUT2D eigenvalue weighted by molar-refractivity contribution is 6.30. The van der Waals surface area contributed by atoms with E-state index in [0.29, 0.717) is 6.61 Å². The van der Waals surface area contributed by atoms with Crippen LogP contribution >= 0.6 is 11.6 Å². The molecular weight excluding hydrogens is 330 g/mol. The van der Waals surface area contributed by atoms with E-state index in [0.717, 1.165) is 23.0 Å². The maximum atomic E-state index is 6.09. The van der Waals surface area contributed by atoms with Gasteiger partial charge in [0.1, 0.15) is 12.4 Å². The van der Waals surface area contributed by atoms with Crippen LogP contribution < -0.4 is 10.1 Å². The van der Waals surface area contributed by atoms with Gasteiger partial charge in [-0.3, -0.25) is 0 Å². The molecule has 0 unspecified atom stereocenters. The maximum absolute atomic E-state index is 6.09. The second kappa shape index (κ2) is 7.70. The Balaban J connectivity index is 2.04. The van der Waals surface area contributed by atoms with Crippen LogP contribution in [0.5, 0.6) is 5.75 Å². The standard InChI is InChI=1S/C22H30ClNO/c1-21(2,3)16-7-12-20(19(15-16)22(4,5)6)25-14-13-24-18-10-8-17(23)9-11-18/h7-12,15,24H,13-14H2,1-6H3. The minimum absolute atomic E-state index is 0.0419. The first kappa shape index (κ1) is 19.7. The Morgan fingerprint density at radius 2 is 1.52 bits per heavy atom. The molecule has 0 spiro atoms. The van der Waals surface area contributed by atoms with Crippen LogP contribution in [0.25, 0.3) is 0 Å². The normalized spacial score (nSPS) is 12.1. The summed E-state index contributed by atoms with van der Waals surface area (Å²) in [6, 6.07) is 14.3. The van der Waals surface area contributed by atoms with Gasteiger partial charge in [0.15, 0.2) is 0 Å². The van der Waals surface area contributed by atoms with Gasteiger partial charge in [-0.05, 0) is 52.3 Å². The molecule has 136 valence electrons. The van der Waals surface area contributed by atoms with Crippen LogP contribution in [0.3, 0.4) is 0 Å². The van der Waals surface area contributed by atoms with Gasteiger partial charge in [-0.15, -0.1) is 0 Å². The lowest BCUT2D eigenvalue weighted by Crippen LogP contribution is -2.19. The summed E-state index contributed by atoms with van der Waals surface area (Å²) in [5, 5.41) is 4.10. The van der Waals surface area contributed by atoms with Crippen molar-refractivity contribution in [2.75, 3.05) is 18.5 Å². The number of nitrogens with one attached hydrogen (secondary N) is 1. The highest BCUT2D eigenvalue weighted by Gasteiger charge is 2.22. The summed E-state index contributed by atoms with van der Waals surface area (Å²) in [5.74, 6) is 0.971. The van der Waals surface area contributed by atoms with Crippen LogP contribution in [-0.2, 0) is 10.8 Å². The zero-order valence-corrected chi connectivity index (χ0v) is 17.0. The summed E-state index contributed by atoms with van der Waals surface area (Å²) < 4.78 is 6.09. The first-order valence-electron chi connectivity index (χ1n) is 8.84. The van der Waals surface area contributed by atoms with E-state index in [2.05, 4.69) is 65.1 Å². The summed E-state index contributed by atoms with van der Waals surface area (Å²) in [5.41, 5.74) is 3.82. The fraction of sp³-hybridized carbons (Fsp3) is 0.455. The number of rotatable bonds is 5. The average Bonchev–Trinajstić information content (AvgIpc) is 2.51. The Morgan fingerprint density at radius 1 is 0.880 bits per heavy atom. The highest BCUT2D eigenvalue weighted by Crippen LogP contribution is 2.35. The van der Waals surface area contributed by atoms with Crippen molar-refractivity contribution >= 4 is 17.3 Å². The Morgan fingerprint density at radius 3 is 2.08 bits per heavy atom. The molecule has 0 aromatic heterocycles. The quantitative estimate of drug-likeness (QED) is 0.621. The SMILES string of the molecule is CC(C)(C)c1ccc(OCCNc2ccc(Cl)cc2)c(C(C)(C)C)c1. The van der Waals surface area contributed by atoms with Crippen molar-refractivity contribution in [2.45, 2.75) is 52.4 Å². The first-order chi connectivity index (χ1) is 11.6. The monoisotopic (exact) mass is 359 g/mol. The predicted molar refractivity (Wildman–Crippen MR) is 109 cm³/mol. The van der Waals surface area contributed by atoms with Gasteiger partial charge < -0.3 is 10.1 Å². The Labute approximate surface area is 157 Å². The Hall–Kier alpha value is -1.67. The summed E-state index contributed by atoms with van der Waals surface area (Å²) in [7, 11) is 0. The lowest BCUT2D eigenvalue weighted by molar-refractivity contribution is 0.322. The van der Waals surface area contributed by atoms with Crippen molar-refractivity contribution in [3.63, 3.8) is 0 Å². The van der Waals surface area contributed by atoms with Gasteiger partial charge >= 0.3 is 0 Å². The molecule has 0 aliphatic heterocycles. The zero-order valence-electron chi connectivity index (χ0n) is 16.2. The smallest absolute Gasteiger partial charge is 0.123 e. The van der Waals surface area contributed by atoms with Gasteiger partial charge in [0.25, 0.3) is 0 Å². The zero-order chi connectivity index (χ0) is 18.7. The van der Waals surface area contributed by atoms with Crippen LogP contribution in [0.1, 0.15) is 52.7 Å². The highest BCUT2D eigenvalue weighted by atomic mass is 35.5. The largest absolute Gasteiger partial charge is 0.491 e. The van der Waals surface area contributed by atoms with E-state index in [9.17, 15) is 0 Å². The molecule has 0 aliphatic carbocycles.